The second-order valence-electron chi connectivity index (χ2n) is 5.64. The van der Waals surface area contributed by atoms with Crippen molar-refractivity contribution in [2.24, 2.45) is 0 Å². The van der Waals surface area contributed by atoms with E-state index in [9.17, 15) is 4.79 Å². The molecule has 114 valence electrons. The molecule has 2 N–H and O–H groups in total. The Labute approximate surface area is 121 Å². The van der Waals surface area contributed by atoms with Crippen LogP contribution >= 0.6 is 0 Å². The van der Waals surface area contributed by atoms with Crippen LogP contribution in [0.4, 0.5) is 4.79 Å². The third-order valence-electron chi connectivity index (χ3n) is 4.15. The highest BCUT2D eigenvalue weighted by Crippen LogP contribution is 2.16. The third kappa shape index (κ3) is 4.80. The van der Waals surface area contributed by atoms with Crippen molar-refractivity contribution in [3.05, 3.63) is 12.2 Å². The molecule has 1 heterocycles. The van der Waals surface area contributed by atoms with Crippen LogP contribution in [0.15, 0.2) is 12.2 Å². The first-order valence-electron chi connectivity index (χ1n) is 7.73. The van der Waals surface area contributed by atoms with Crippen LogP contribution in [-0.4, -0.2) is 56.4 Å². The summed E-state index contributed by atoms with van der Waals surface area (Å²) >= 11 is 0. The summed E-state index contributed by atoms with van der Waals surface area (Å²) in [5, 5.41) is 6.03. The van der Waals surface area contributed by atoms with E-state index in [1.165, 1.54) is 6.42 Å². The fourth-order valence-electron chi connectivity index (χ4n) is 2.99. The van der Waals surface area contributed by atoms with E-state index in [1.54, 1.807) is 7.11 Å². The minimum absolute atomic E-state index is 0.0415. The molecule has 0 aromatic rings. The van der Waals surface area contributed by atoms with Gasteiger partial charge in [-0.25, -0.2) is 4.79 Å². The Hall–Kier alpha value is -1.07. The van der Waals surface area contributed by atoms with Crippen LogP contribution in [-0.2, 0) is 4.74 Å². The zero-order chi connectivity index (χ0) is 14.2. The first kappa shape index (κ1) is 15.3. The fourth-order valence-corrected chi connectivity index (χ4v) is 2.99. The number of urea groups is 1. The molecule has 1 fully saturated rings. The van der Waals surface area contributed by atoms with Gasteiger partial charge in [-0.1, -0.05) is 12.2 Å². The van der Waals surface area contributed by atoms with Gasteiger partial charge < -0.3 is 15.4 Å². The van der Waals surface area contributed by atoms with E-state index in [-0.39, 0.29) is 12.1 Å². The lowest BCUT2D eigenvalue weighted by Gasteiger charge is -2.25. The van der Waals surface area contributed by atoms with Crippen molar-refractivity contribution >= 4 is 6.03 Å². The molecular weight excluding hydrogens is 254 g/mol. The van der Waals surface area contributed by atoms with Gasteiger partial charge in [0.2, 0.25) is 0 Å². The van der Waals surface area contributed by atoms with Crippen molar-refractivity contribution in [3.63, 3.8) is 0 Å². The molecule has 1 aliphatic carbocycles. The van der Waals surface area contributed by atoms with Crippen LogP contribution in [0.1, 0.15) is 32.1 Å². The summed E-state index contributed by atoms with van der Waals surface area (Å²) in [6, 6.07) is 0.620. The molecule has 0 aromatic heterocycles. The molecule has 2 atom stereocenters. The summed E-state index contributed by atoms with van der Waals surface area (Å²) in [5.41, 5.74) is 0. The van der Waals surface area contributed by atoms with E-state index in [2.05, 4.69) is 27.7 Å². The Morgan fingerprint density at radius 3 is 3.05 bits per heavy atom. The molecule has 0 radical (unpaired) electrons. The zero-order valence-electron chi connectivity index (χ0n) is 12.4. The van der Waals surface area contributed by atoms with Crippen molar-refractivity contribution in [1.29, 1.82) is 0 Å². The van der Waals surface area contributed by atoms with E-state index in [1.807, 2.05) is 0 Å². The van der Waals surface area contributed by atoms with Gasteiger partial charge in [0, 0.05) is 32.3 Å². The number of carbonyl (C=O) groups is 1. The molecule has 0 unspecified atom stereocenters. The van der Waals surface area contributed by atoms with Gasteiger partial charge in [0.05, 0.1) is 6.61 Å². The number of allylic oxidation sites excluding steroid dienone is 1. The summed E-state index contributed by atoms with van der Waals surface area (Å²) in [7, 11) is 1.73. The molecular formula is C15H27N3O2. The first-order chi connectivity index (χ1) is 9.79. The highest BCUT2D eigenvalue weighted by Gasteiger charge is 2.24. The molecule has 0 spiro atoms. The Bertz CT molecular complexity index is 333. The van der Waals surface area contributed by atoms with E-state index >= 15 is 0 Å². The van der Waals surface area contributed by atoms with Crippen LogP contribution in [0.2, 0.25) is 0 Å². The van der Waals surface area contributed by atoms with Gasteiger partial charge in [0.15, 0.2) is 0 Å². The van der Waals surface area contributed by atoms with Crippen molar-refractivity contribution in [3.8, 4) is 0 Å². The van der Waals surface area contributed by atoms with Gasteiger partial charge in [-0.15, -0.1) is 0 Å². The van der Waals surface area contributed by atoms with Gasteiger partial charge in [-0.05, 0) is 38.6 Å². The lowest BCUT2D eigenvalue weighted by Crippen LogP contribution is -2.47. The number of methoxy groups -OCH3 is 1. The third-order valence-corrected chi connectivity index (χ3v) is 4.15. The molecule has 5 heteroatoms. The van der Waals surface area contributed by atoms with Gasteiger partial charge in [0.1, 0.15) is 0 Å². The molecule has 0 bridgehead atoms. The maximum absolute atomic E-state index is 11.9. The normalized spacial score (nSPS) is 26.6. The zero-order valence-corrected chi connectivity index (χ0v) is 12.4. The minimum atomic E-state index is -0.0415. The summed E-state index contributed by atoms with van der Waals surface area (Å²) in [6.45, 7) is 3.56. The minimum Gasteiger partial charge on any atom is -0.383 e. The topological polar surface area (TPSA) is 53.6 Å². The van der Waals surface area contributed by atoms with Crippen LogP contribution in [0.5, 0.6) is 0 Å². The summed E-state index contributed by atoms with van der Waals surface area (Å²) < 4.78 is 5.13. The maximum Gasteiger partial charge on any atom is 0.315 e. The van der Waals surface area contributed by atoms with Crippen molar-refractivity contribution in [2.45, 2.75) is 44.2 Å². The number of hydrogen-bond donors (Lipinski definition) is 2. The Balaban J connectivity index is 1.66. The van der Waals surface area contributed by atoms with Crippen LogP contribution in [0.25, 0.3) is 0 Å². The standard InChI is InChI=1S/C15H27N3O2/c1-20-11-10-18-9-5-8-14(18)12-16-15(19)17-13-6-3-2-4-7-13/h3,6,13-14H,2,4-5,7-12H2,1H3,(H2,16,17,19)/t13-,14-/m1/s1. The smallest absolute Gasteiger partial charge is 0.315 e. The number of carbonyl (C=O) groups excluding carboxylic acids is 1. The van der Waals surface area contributed by atoms with E-state index in [4.69, 9.17) is 4.74 Å². The Morgan fingerprint density at radius 1 is 1.40 bits per heavy atom. The Morgan fingerprint density at radius 2 is 2.30 bits per heavy atom. The highest BCUT2D eigenvalue weighted by molar-refractivity contribution is 5.74. The first-order valence-corrected chi connectivity index (χ1v) is 7.73. The molecule has 2 amide bonds. The number of amides is 2. The molecule has 1 saturated heterocycles. The second kappa shape index (κ2) is 8.27. The van der Waals surface area contributed by atoms with Crippen molar-refractivity contribution < 1.29 is 9.53 Å². The Kier molecular flexibility index (Phi) is 6.33. The molecule has 1 aliphatic heterocycles. The average molecular weight is 281 g/mol. The predicted octanol–water partition coefficient (Wildman–Crippen LogP) is 1.51. The van der Waals surface area contributed by atoms with Crippen LogP contribution in [0.3, 0.4) is 0 Å². The number of likely N-dealkylation sites (tertiary alicyclic amines) is 1. The number of rotatable bonds is 6. The number of hydrogen-bond acceptors (Lipinski definition) is 3. The summed E-state index contributed by atoms with van der Waals surface area (Å²) in [5.74, 6) is 0. The van der Waals surface area contributed by atoms with Gasteiger partial charge in [0.25, 0.3) is 0 Å². The summed E-state index contributed by atoms with van der Waals surface area (Å²) in [6.07, 6.45) is 9.97. The number of nitrogens with zero attached hydrogens (tertiary/aromatic N) is 1. The van der Waals surface area contributed by atoms with E-state index in [0.717, 1.165) is 51.9 Å². The van der Waals surface area contributed by atoms with Gasteiger partial charge in [-0.3, -0.25) is 4.90 Å². The highest BCUT2D eigenvalue weighted by atomic mass is 16.5. The fraction of sp³-hybridized carbons (Fsp3) is 0.800. The van der Waals surface area contributed by atoms with E-state index < -0.39 is 0 Å². The van der Waals surface area contributed by atoms with Gasteiger partial charge in [-0.2, -0.15) is 0 Å². The molecule has 20 heavy (non-hydrogen) atoms. The second-order valence-corrected chi connectivity index (χ2v) is 5.64. The number of ether oxygens (including phenoxy) is 1. The largest absolute Gasteiger partial charge is 0.383 e. The predicted molar refractivity (Wildman–Crippen MR) is 79.8 cm³/mol. The van der Waals surface area contributed by atoms with Crippen molar-refractivity contribution in [2.75, 3.05) is 33.4 Å². The lowest BCUT2D eigenvalue weighted by molar-refractivity contribution is 0.140. The molecule has 0 saturated carbocycles. The molecule has 2 rings (SSSR count). The molecule has 0 aromatic carbocycles. The van der Waals surface area contributed by atoms with Crippen molar-refractivity contribution in [1.82, 2.24) is 15.5 Å². The van der Waals surface area contributed by atoms with Crippen LogP contribution < -0.4 is 10.6 Å². The monoisotopic (exact) mass is 281 g/mol. The molecule has 2 aliphatic rings. The lowest BCUT2D eigenvalue weighted by atomic mass is 10.0. The SMILES string of the molecule is COCCN1CCC[C@@H]1CNC(=O)N[C@@H]1C=CCCC1. The summed E-state index contributed by atoms with van der Waals surface area (Å²) in [4.78, 5) is 14.3. The van der Waals surface area contributed by atoms with E-state index in [0.29, 0.717) is 6.04 Å². The average Bonchev–Trinajstić information content (AvgIpc) is 2.91. The maximum atomic E-state index is 11.9. The molecule has 5 nitrogen and oxygen atoms in total. The van der Waals surface area contributed by atoms with Crippen LogP contribution in [0, 0.1) is 0 Å². The quantitative estimate of drug-likeness (QED) is 0.726. The number of nitrogens with one attached hydrogen (secondary N) is 2. The van der Waals surface area contributed by atoms with Gasteiger partial charge >= 0.3 is 6.03 Å².